The van der Waals surface area contributed by atoms with Crippen molar-refractivity contribution in [1.29, 1.82) is 0 Å². The molecule has 0 aliphatic heterocycles. The second-order valence-corrected chi connectivity index (χ2v) is 6.47. The van der Waals surface area contributed by atoms with Crippen molar-refractivity contribution in [1.82, 2.24) is 8.61 Å². The molecule has 0 aromatic heterocycles. The topological polar surface area (TPSA) is 77.9 Å². The molecule has 0 aliphatic rings. The Balaban J connectivity index is 4.69. The fraction of sp³-hybridized carbons (Fsp3) is 0.909. The summed E-state index contributed by atoms with van der Waals surface area (Å²) in [6.45, 7) is 6.64. The van der Waals surface area contributed by atoms with E-state index >= 15 is 0 Å². The monoisotopic (exact) mass is 280 g/mol. The molecule has 0 aromatic carbocycles. The highest BCUT2D eigenvalue weighted by molar-refractivity contribution is 7.86. The van der Waals surface area contributed by atoms with Crippen molar-refractivity contribution < 1.29 is 18.3 Å². The lowest BCUT2D eigenvalue weighted by molar-refractivity contribution is -0.137. The average Bonchev–Trinajstić information content (AvgIpc) is 2.31. The lowest BCUT2D eigenvalue weighted by Crippen LogP contribution is -2.44. The molecule has 6 nitrogen and oxygen atoms in total. The SMILES string of the molecule is CCC(C)CN(CC)S(=O)(=O)N(C)CCC(=O)O. The van der Waals surface area contributed by atoms with Crippen LogP contribution < -0.4 is 0 Å². The number of carboxylic acid groups (broad SMARTS) is 1. The Morgan fingerprint density at radius 3 is 2.28 bits per heavy atom. The second-order valence-electron chi connectivity index (χ2n) is 4.44. The van der Waals surface area contributed by atoms with Crippen LogP contribution in [0.3, 0.4) is 0 Å². The zero-order valence-electron chi connectivity index (χ0n) is 11.6. The Hall–Kier alpha value is -0.660. The summed E-state index contributed by atoms with van der Waals surface area (Å²) in [7, 11) is -2.13. The van der Waals surface area contributed by atoms with Gasteiger partial charge in [0.05, 0.1) is 6.42 Å². The Morgan fingerprint density at radius 1 is 1.33 bits per heavy atom. The summed E-state index contributed by atoms with van der Waals surface area (Å²) >= 11 is 0. The average molecular weight is 280 g/mol. The maximum atomic E-state index is 12.2. The lowest BCUT2D eigenvalue weighted by atomic mass is 10.1. The number of nitrogens with zero attached hydrogens (tertiary/aromatic N) is 2. The predicted octanol–water partition coefficient (Wildman–Crippen LogP) is 1.01. The molecule has 0 rings (SSSR count). The van der Waals surface area contributed by atoms with Crippen LogP contribution in [-0.4, -0.2) is 54.8 Å². The van der Waals surface area contributed by atoms with Gasteiger partial charge < -0.3 is 5.11 Å². The van der Waals surface area contributed by atoms with Crippen molar-refractivity contribution in [3.05, 3.63) is 0 Å². The molecule has 0 spiro atoms. The van der Waals surface area contributed by atoms with E-state index in [1.165, 1.54) is 11.4 Å². The quantitative estimate of drug-likeness (QED) is 0.683. The fourth-order valence-corrected chi connectivity index (χ4v) is 2.91. The number of hydrogen-bond acceptors (Lipinski definition) is 3. The summed E-state index contributed by atoms with van der Waals surface area (Å²) in [6, 6.07) is 0. The van der Waals surface area contributed by atoms with Gasteiger partial charge in [-0.25, -0.2) is 0 Å². The molecule has 0 bridgehead atoms. The van der Waals surface area contributed by atoms with Crippen molar-refractivity contribution in [2.75, 3.05) is 26.7 Å². The van der Waals surface area contributed by atoms with Crippen molar-refractivity contribution in [3.8, 4) is 0 Å². The molecule has 0 amide bonds. The first-order valence-electron chi connectivity index (χ1n) is 6.18. The highest BCUT2D eigenvalue weighted by atomic mass is 32.2. The molecule has 0 aliphatic carbocycles. The smallest absolute Gasteiger partial charge is 0.304 e. The second kappa shape index (κ2) is 7.70. The van der Waals surface area contributed by atoms with Gasteiger partial charge in [0.15, 0.2) is 0 Å². The van der Waals surface area contributed by atoms with E-state index in [2.05, 4.69) is 0 Å². The van der Waals surface area contributed by atoms with Gasteiger partial charge in [0.1, 0.15) is 0 Å². The highest BCUT2D eigenvalue weighted by Gasteiger charge is 2.26. The summed E-state index contributed by atoms with van der Waals surface area (Å²) in [5.41, 5.74) is 0. The van der Waals surface area contributed by atoms with Crippen LogP contribution in [0.4, 0.5) is 0 Å². The van der Waals surface area contributed by atoms with Gasteiger partial charge in [0, 0.05) is 26.7 Å². The minimum atomic E-state index is -3.55. The van der Waals surface area contributed by atoms with Gasteiger partial charge in [0.25, 0.3) is 10.2 Å². The van der Waals surface area contributed by atoms with Crippen LogP contribution in [-0.2, 0) is 15.0 Å². The number of rotatable bonds is 9. The third-order valence-electron chi connectivity index (χ3n) is 2.93. The molecule has 0 heterocycles. The van der Waals surface area contributed by atoms with E-state index < -0.39 is 16.2 Å². The van der Waals surface area contributed by atoms with Gasteiger partial charge in [-0.05, 0) is 5.92 Å². The number of hydrogen-bond donors (Lipinski definition) is 1. The lowest BCUT2D eigenvalue weighted by Gasteiger charge is -2.28. The summed E-state index contributed by atoms with van der Waals surface area (Å²) in [5, 5.41) is 8.57. The molecule has 0 radical (unpaired) electrons. The van der Waals surface area contributed by atoms with E-state index in [-0.39, 0.29) is 18.9 Å². The molecule has 1 unspecified atom stereocenters. The maximum Gasteiger partial charge on any atom is 0.304 e. The maximum absolute atomic E-state index is 12.2. The van der Waals surface area contributed by atoms with Gasteiger partial charge in [-0.3, -0.25) is 4.79 Å². The summed E-state index contributed by atoms with van der Waals surface area (Å²) < 4.78 is 26.9. The van der Waals surface area contributed by atoms with E-state index in [1.54, 1.807) is 6.92 Å². The Bertz CT molecular complexity index is 356. The van der Waals surface area contributed by atoms with Crippen LogP contribution in [0.5, 0.6) is 0 Å². The molecule has 1 N–H and O–H groups in total. The third-order valence-corrected chi connectivity index (χ3v) is 4.96. The van der Waals surface area contributed by atoms with Gasteiger partial charge in [-0.2, -0.15) is 17.0 Å². The minimum absolute atomic E-state index is 0.00529. The normalized spacial score (nSPS) is 14.1. The predicted molar refractivity (Wildman–Crippen MR) is 70.5 cm³/mol. The van der Waals surface area contributed by atoms with Crippen LogP contribution in [0.25, 0.3) is 0 Å². The largest absolute Gasteiger partial charge is 0.481 e. The van der Waals surface area contributed by atoms with E-state index in [9.17, 15) is 13.2 Å². The third kappa shape index (κ3) is 5.32. The van der Waals surface area contributed by atoms with E-state index in [0.717, 1.165) is 10.7 Å². The van der Waals surface area contributed by atoms with Crippen LogP contribution in [0.1, 0.15) is 33.6 Å². The molecular formula is C11H24N2O4S. The van der Waals surface area contributed by atoms with Gasteiger partial charge in [-0.1, -0.05) is 27.2 Å². The Kier molecular flexibility index (Phi) is 7.42. The number of carbonyl (C=O) groups is 1. The van der Waals surface area contributed by atoms with E-state index in [4.69, 9.17) is 5.11 Å². The van der Waals surface area contributed by atoms with Crippen molar-refractivity contribution in [2.45, 2.75) is 33.6 Å². The highest BCUT2D eigenvalue weighted by Crippen LogP contribution is 2.12. The first kappa shape index (κ1) is 17.3. The minimum Gasteiger partial charge on any atom is -0.481 e. The van der Waals surface area contributed by atoms with E-state index in [0.29, 0.717) is 13.1 Å². The van der Waals surface area contributed by atoms with E-state index in [1.807, 2.05) is 13.8 Å². The number of aliphatic carboxylic acids is 1. The van der Waals surface area contributed by atoms with Gasteiger partial charge in [-0.15, -0.1) is 0 Å². The zero-order valence-corrected chi connectivity index (χ0v) is 12.4. The Labute approximate surface area is 110 Å². The molecule has 7 heteroatoms. The molecule has 108 valence electrons. The first-order chi connectivity index (χ1) is 8.25. The summed E-state index contributed by atoms with van der Waals surface area (Å²) in [6.07, 6.45) is 0.724. The summed E-state index contributed by atoms with van der Waals surface area (Å²) in [4.78, 5) is 10.5. The summed E-state index contributed by atoms with van der Waals surface area (Å²) in [5.74, 6) is -0.713. The molecular weight excluding hydrogens is 256 g/mol. The van der Waals surface area contributed by atoms with Crippen molar-refractivity contribution in [3.63, 3.8) is 0 Å². The molecule has 0 fully saturated rings. The van der Waals surface area contributed by atoms with Crippen LogP contribution in [0.2, 0.25) is 0 Å². The van der Waals surface area contributed by atoms with Crippen LogP contribution in [0, 0.1) is 5.92 Å². The van der Waals surface area contributed by atoms with Gasteiger partial charge >= 0.3 is 5.97 Å². The standard InChI is InChI=1S/C11H24N2O4S/c1-5-10(3)9-13(6-2)18(16,17)12(4)8-7-11(14)15/h10H,5-9H2,1-4H3,(H,14,15). The molecule has 0 saturated carbocycles. The molecule has 18 heavy (non-hydrogen) atoms. The molecule has 0 saturated heterocycles. The first-order valence-corrected chi connectivity index (χ1v) is 7.58. The Morgan fingerprint density at radius 2 is 1.89 bits per heavy atom. The van der Waals surface area contributed by atoms with Crippen molar-refractivity contribution >= 4 is 16.2 Å². The van der Waals surface area contributed by atoms with Crippen LogP contribution >= 0.6 is 0 Å². The molecule has 1 atom stereocenters. The van der Waals surface area contributed by atoms with Crippen LogP contribution in [0.15, 0.2) is 0 Å². The van der Waals surface area contributed by atoms with Gasteiger partial charge in [0.2, 0.25) is 0 Å². The zero-order chi connectivity index (χ0) is 14.3. The van der Waals surface area contributed by atoms with Crippen molar-refractivity contribution in [2.24, 2.45) is 5.92 Å². The number of carboxylic acids is 1. The fourth-order valence-electron chi connectivity index (χ4n) is 1.43. The molecule has 0 aromatic rings.